The number of furan rings is 1. The number of aromatic nitrogens is 1. The normalized spacial score (nSPS) is 11.6. The third-order valence-electron chi connectivity index (χ3n) is 11.1. The second-order valence-electron chi connectivity index (χ2n) is 14.4. The van der Waals surface area contributed by atoms with Crippen LogP contribution < -0.4 is 4.90 Å². The van der Waals surface area contributed by atoms with Crippen molar-refractivity contribution in [1.29, 1.82) is 0 Å². The quantitative estimate of drug-likeness (QED) is 0.172. The molecule has 9 aromatic carbocycles. The summed E-state index contributed by atoms with van der Waals surface area (Å²) >= 11 is 0. The van der Waals surface area contributed by atoms with Gasteiger partial charge in [0.2, 0.25) is 0 Å². The molecule has 0 aliphatic rings. The second kappa shape index (κ2) is 13.1. The van der Waals surface area contributed by atoms with E-state index in [4.69, 9.17) is 4.42 Å². The summed E-state index contributed by atoms with van der Waals surface area (Å²) in [6.07, 6.45) is 3.74. The van der Waals surface area contributed by atoms with Crippen molar-refractivity contribution in [3.8, 4) is 33.4 Å². The Morgan fingerprint density at radius 1 is 0.339 bits per heavy atom. The number of pyridine rings is 1. The van der Waals surface area contributed by atoms with Crippen molar-refractivity contribution in [2.75, 3.05) is 4.90 Å². The van der Waals surface area contributed by atoms with E-state index < -0.39 is 0 Å². The molecule has 11 aromatic rings. The van der Waals surface area contributed by atoms with Gasteiger partial charge in [-0.25, -0.2) is 0 Å². The van der Waals surface area contributed by atoms with Crippen LogP contribution in [-0.4, -0.2) is 4.98 Å². The lowest BCUT2D eigenvalue weighted by Gasteiger charge is -2.26. The molecule has 0 saturated carbocycles. The van der Waals surface area contributed by atoms with Crippen molar-refractivity contribution >= 4 is 71.3 Å². The van der Waals surface area contributed by atoms with Gasteiger partial charge in [0, 0.05) is 51.7 Å². The zero-order valence-corrected chi connectivity index (χ0v) is 30.4. The van der Waals surface area contributed by atoms with Gasteiger partial charge < -0.3 is 9.32 Å². The summed E-state index contributed by atoms with van der Waals surface area (Å²) in [6.45, 7) is 0. The minimum absolute atomic E-state index is 0.846. The van der Waals surface area contributed by atoms with Crippen LogP contribution in [0.25, 0.3) is 87.6 Å². The summed E-state index contributed by atoms with van der Waals surface area (Å²) in [5.41, 5.74) is 12.1. The first-order valence-electron chi connectivity index (χ1n) is 19.0. The molecule has 0 radical (unpaired) electrons. The molecule has 0 aliphatic heterocycles. The Kier molecular flexibility index (Phi) is 7.49. The van der Waals surface area contributed by atoms with E-state index in [1.165, 1.54) is 54.9 Å². The predicted octanol–water partition coefficient (Wildman–Crippen LogP) is 14.9. The Morgan fingerprint density at radius 3 is 1.77 bits per heavy atom. The van der Waals surface area contributed by atoms with Gasteiger partial charge in [-0.05, 0) is 127 Å². The van der Waals surface area contributed by atoms with Crippen molar-refractivity contribution < 1.29 is 4.42 Å². The van der Waals surface area contributed by atoms with Gasteiger partial charge in [0.15, 0.2) is 0 Å². The van der Waals surface area contributed by atoms with Gasteiger partial charge in [0.1, 0.15) is 11.2 Å². The molecule has 56 heavy (non-hydrogen) atoms. The van der Waals surface area contributed by atoms with Gasteiger partial charge in [-0.3, -0.25) is 4.98 Å². The summed E-state index contributed by atoms with van der Waals surface area (Å²) in [5.74, 6) is 0. The van der Waals surface area contributed by atoms with E-state index in [0.717, 1.165) is 49.8 Å². The maximum absolute atomic E-state index is 6.56. The van der Waals surface area contributed by atoms with E-state index in [9.17, 15) is 0 Å². The highest BCUT2D eigenvalue weighted by molar-refractivity contribution is 6.11. The summed E-state index contributed by atoms with van der Waals surface area (Å²) in [5, 5.41) is 9.33. The number of benzene rings is 9. The molecule has 0 aliphatic carbocycles. The highest BCUT2D eigenvalue weighted by Gasteiger charge is 2.18. The van der Waals surface area contributed by atoms with Crippen LogP contribution in [0.4, 0.5) is 17.1 Å². The molecule has 0 atom stereocenters. The largest absolute Gasteiger partial charge is 0.456 e. The number of hydrogen-bond acceptors (Lipinski definition) is 3. The highest BCUT2D eigenvalue weighted by atomic mass is 16.3. The first-order valence-corrected chi connectivity index (χ1v) is 19.0. The fraction of sp³-hybridized carbons (Fsp3) is 0. The van der Waals surface area contributed by atoms with E-state index in [0.29, 0.717) is 0 Å². The summed E-state index contributed by atoms with van der Waals surface area (Å²) in [7, 11) is 0. The molecule has 0 spiro atoms. The smallest absolute Gasteiger partial charge is 0.137 e. The van der Waals surface area contributed by atoms with Crippen LogP contribution in [0.15, 0.2) is 211 Å². The average Bonchev–Trinajstić information content (AvgIpc) is 3.62. The molecule has 0 amide bonds. The van der Waals surface area contributed by atoms with Crippen LogP contribution in [-0.2, 0) is 0 Å². The third-order valence-corrected chi connectivity index (χ3v) is 11.1. The molecule has 0 fully saturated rings. The number of rotatable bonds is 6. The van der Waals surface area contributed by atoms with Crippen LogP contribution in [0.3, 0.4) is 0 Å². The molecule has 11 rings (SSSR count). The lowest BCUT2D eigenvalue weighted by molar-refractivity contribution is 0.669. The van der Waals surface area contributed by atoms with Crippen LogP contribution in [0.1, 0.15) is 0 Å². The Labute approximate surface area is 324 Å². The van der Waals surface area contributed by atoms with E-state index in [-0.39, 0.29) is 0 Å². The van der Waals surface area contributed by atoms with Crippen LogP contribution in [0.2, 0.25) is 0 Å². The third kappa shape index (κ3) is 5.49. The lowest BCUT2D eigenvalue weighted by atomic mass is 9.93. The maximum Gasteiger partial charge on any atom is 0.137 e. The monoisotopic (exact) mass is 714 g/mol. The van der Waals surface area contributed by atoms with Crippen LogP contribution >= 0.6 is 0 Å². The van der Waals surface area contributed by atoms with Gasteiger partial charge in [0.05, 0.1) is 0 Å². The molecule has 0 N–H and O–H groups in total. The number of hydrogen-bond donors (Lipinski definition) is 0. The number of nitrogens with zero attached hydrogens (tertiary/aromatic N) is 2. The topological polar surface area (TPSA) is 29.3 Å². The van der Waals surface area contributed by atoms with E-state index >= 15 is 0 Å². The molecule has 0 bridgehead atoms. The van der Waals surface area contributed by atoms with Gasteiger partial charge in [-0.2, -0.15) is 0 Å². The fourth-order valence-electron chi connectivity index (χ4n) is 8.34. The van der Waals surface area contributed by atoms with Crippen molar-refractivity contribution in [3.63, 3.8) is 0 Å². The molecular formula is C53H34N2O. The zero-order chi connectivity index (χ0) is 37.0. The maximum atomic E-state index is 6.56. The summed E-state index contributed by atoms with van der Waals surface area (Å²) in [6, 6.07) is 69.8. The summed E-state index contributed by atoms with van der Waals surface area (Å²) < 4.78 is 6.56. The Bertz CT molecular complexity index is 3230. The lowest BCUT2D eigenvalue weighted by Crippen LogP contribution is -2.09. The van der Waals surface area contributed by atoms with Gasteiger partial charge in [-0.1, -0.05) is 121 Å². The second-order valence-corrected chi connectivity index (χ2v) is 14.4. The Hall–Kier alpha value is -7.49. The zero-order valence-electron chi connectivity index (χ0n) is 30.4. The van der Waals surface area contributed by atoms with Gasteiger partial charge >= 0.3 is 0 Å². The van der Waals surface area contributed by atoms with E-state index in [2.05, 4.69) is 198 Å². The van der Waals surface area contributed by atoms with Crippen LogP contribution in [0.5, 0.6) is 0 Å². The van der Waals surface area contributed by atoms with Crippen molar-refractivity contribution in [2.24, 2.45) is 0 Å². The first-order chi connectivity index (χ1) is 27.7. The minimum Gasteiger partial charge on any atom is -0.456 e. The van der Waals surface area contributed by atoms with Gasteiger partial charge in [0.25, 0.3) is 0 Å². The SMILES string of the molecule is c1ccc(-c2cc(-c3ccc(N(c4ccc(-c5cccc6ccccc56)cc4)c4ccc5c(c4)oc4cc6ccncc6cc45)cc3)c3ccccc3c2)cc1. The molecule has 3 heteroatoms. The molecular weight excluding hydrogens is 681 g/mol. The first kappa shape index (κ1) is 32.0. The number of anilines is 3. The average molecular weight is 715 g/mol. The predicted molar refractivity (Wildman–Crippen MR) is 235 cm³/mol. The molecule has 0 unspecified atom stereocenters. The minimum atomic E-state index is 0.846. The van der Waals surface area contributed by atoms with Crippen LogP contribution in [0, 0.1) is 0 Å². The van der Waals surface area contributed by atoms with Crippen molar-refractivity contribution in [3.05, 3.63) is 207 Å². The van der Waals surface area contributed by atoms with E-state index in [1.54, 1.807) is 0 Å². The van der Waals surface area contributed by atoms with Crippen molar-refractivity contribution in [2.45, 2.75) is 0 Å². The Balaban J connectivity index is 1.04. The molecule has 262 valence electrons. The standard InChI is InChI=1S/C53H34N2O/c1-2-9-35(10-3-1)41-29-40-12-5-7-15-48(40)50(30-41)38-19-23-44(24-20-38)55(43-21-17-37(18-22-43)47-16-8-13-36-11-4-6-14-46(36)47)45-25-26-49-51-31-42-34-54-28-27-39(42)32-52(51)56-53(49)33-45/h1-34H. The van der Waals surface area contributed by atoms with Crippen molar-refractivity contribution in [1.82, 2.24) is 4.98 Å². The van der Waals surface area contributed by atoms with E-state index in [1.807, 2.05) is 18.5 Å². The Morgan fingerprint density at radius 2 is 0.982 bits per heavy atom. The highest BCUT2D eigenvalue weighted by Crippen LogP contribution is 2.42. The molecule has 3 nitrogen and oxygen atoms in total. The number of fused-ring (bicyclic) bond motifs is 6. The summed E-state index contributed by atoms with van der Waals surface area (Å²) in [4.78, 5) is 6.67. The molecule has 0 saturated heterocycles. The molecule has 2 heterocycles. The fourth-order valence-corrected chi connectivity index (χ4v) is 8.34. The van der Waals surface area contributed by atoms with Gasteiger partial charge in [-0.15, -0.1) is 0 Å². The molecule has 2 aromatic heterocycles.